The Morgan fingerprint density at radius 1 is 1.71 bits per heavy atom. The molecule has 1 heterocycles. The summed E-state index contributed by atoms with van der Waals surface area (Å²) in [6, 6.07) is 1.85. The molecular weight excluding hydrogens is 184 g/mol. The maximum Gasteiger partial charge on any atom is 0.303 e. The van der Waals surface area contributed by atoms with Crippen LogP contribution in [0, 0.1) is 6.92 Å². The molecule has 0 atom stereocenters. The average Bonchev–Trinajstić information content (AvgIpc) is 2.50. The Morgan fingerprint density at radius 3 is 3.07 bits per heavy atom. The lowest BCUT2D eigenvalue weighted by Crippen LogP contribution is -2.15. The Hall–Kier alpha value is -1.36. The fraction of sp³-hybridized carbons (Fsp3) is 0.556. The van der Waals surface area contributed by atoms with Gasteiger partial charge in [-0.3, -0.25) is 4.79 Å². The van der Waals surface area contributed by atoms with E-state index in [9.17, 15) is 4.79 Å². The van der Waals surface area contributed by atoms with E-state index in [1.54, 1.807) is 0 Å². The van der Waals surface area contributed by atoms with Crippen molar-refractivity contribution in [1.82, 2.24) is 10.5 Å². The monoisotopic (exact) mass is 198 g/mol. The molecule has 0 aliphatic rings. The number of aromatic nitrogens is 1. The van der Waals surface area contributed by atoms with Crippen LogP contribution >= 0.6 is 0 Å². The highest BCUT2D eigenvalue weighted by Gasteiger charge is 2.00. The van der Waals surface area contributed by atoms with E-state index < -0.39 is 5.97 Å². The van der Waals surface area contributed by atoms with Gasteiger partial charge in [-0.2, -0.15) is 0 Å². The van der Waals surface area contributed by atoms with Crippen LogP contribution < -0.4 is 5.32 Å². The Balaban J connectivity index is 2.07. The minimum absolute atomic E-state index is 0.197. The van der Waals surface area contributed by atoms with Crippen molar-refractivity contribution in [1.29, 1.82) is 0 Å². The van der Waals surface area contributed by atoms with Gasteiger partial charge >= 0.3 is 5.97 Å². The van der Waals surface area contributed by atoms with Gasteiger partial charge in [-0.25, -0.2) is 0 Å². The predicted octanol–water partition coefficient (Wildman–Crippen LogP) is 0.937. The molecule has 1 aromatic heterocycles. The molecule has 0 saturated carbocycles. The topological polar surface area (TPSA) is 75.4 Å². The fourth-order valence-electron chi connectivity index (χ4n) is 1.08. The minimum Gasteiger partial charge on any atom is -0.481 e. The number of rotatable bonds is 6. The quantitative estimate of drug-likeness (QED) is 0.665. The summed E-state index contributed by atoms with van der Waals surface area (Å²) in [5, 5.41) is 15.2. The van der Waals surface area contributed by atoms with Gasteiger partial charge in [0.1, 0.15) is 0 Å². The highest BCUT2D eigenvalue weighted by atomic mass is 16.5. The number of nitrogens with zero attached hydrogens (tertiary/aromatic N) is 1. The minimum atomic E-state index is -0.762. The van der Waals surface area contributed by atoms with E-state index in [1.807, 2.05) is 13.0 Å². The van der Waals surface area contributed by atoms with Crippen molar-refractivity contribution < 1.29 is 14.4 Å². The summed E-state index contributed by atoms with van der Waals surface area (Å²) < 4.78 is 4.96. The van der Waals surface area contributed by atoms with Crippen LogP contribution in [0.1, 0.15) is 24.3 Å². The molecule has 0 saturated heterocycles. The lowest BCUT2D eigenvalue weighted by atomic mass is 10.3. The number of hydrogen-bond acceptors (Lipinski definition) is 4. The van der Waals surface area contributed by atoms with E-state index in [-0.39, 0.29) is 6.42 Å². The van der Waals surface area contributed by atoms with Crippen molar-refractivity contribution in [2.24, 2.45) is 0 Å². The molecule has 0 fully saturated rings. The summed E-state index contributed by atoms with van der Waals surface area (Å²) in [6.07, 6.45) is 0.824. The van der Waals surface area contributed by atoms with Crippen LogP contribution in [-0.2, 0) is 11.3 Å². The van der Waals surface area contributed by atoms with Gasteiger partial charge < -0.3 is 14.9 Å². The van der Waals surface area contributed by atoms with Gasteiger partial charge in [0.15, 0.2) is 5.76 Å². The number of carbonyl (C=O) groups is 1. The Labute approximate surface area is 82.1 Å². The molecular formula is C9H14N2O3. The smallest absolute Gasteiger partial charge is 0.303 e. The van der Waals surface area contributed by atoms with E-state index in [1.165, 1.54) is 0 Å². The Morgan fingerprint density at radius 2 is 2.50 bits per heavy atom. The third-order valence-corrected chi connectivity index (χ3v) is 1.72. The van der Waals surface area contributed by atoms with Crippen molar-refractivity contribution in [2.45, 2.75) is 26.3 Å². The molecule has 0 spiro atoms. The van der Waals surface area contributed by atoms with E-state index in [4.69, 9.17) is 9.63 Å². The molecule has 5 heteroatoms. The van der Waals surface area contributed by atoms with Crippen LogP contribution in [0.2, 0.25) is 0 Å². The standard InChI is InChI=1S/C9H14N2O3/c1-7-5-8(14-11-7)6-10-4-2-3-9(12)13/h5,10H,2-4,6H2,1H3,(H,12,13). The number of aryl methyl sites for hydroxylation is 1. The molecule has 0 radical (unpaired) electrons. The van der Waals surface area contributed by atoms with Gasteiger partial charge in [0.05, 0.1) is 12.2 Å². The van der Waals surface area contributed by atoms with Crippen molar-refractivity contribution in [3.8, 4) is 0 Å². The van der Waals surface area contributed by atoms with Crippen molar-refractivity contribution in [3.63, 3.8) is 0 Å². The average molecular weight is 198 g/mol. The first kappa shape index (κ1) is 10.7. The van der Waals surface area contributed by atoms with Crippen LogP contribution in [0.15, 0.2) is 10.6 Å². The normalized spacial score (nSPS) is 10.4. The second-order valence-electron chi connectivity index (χ2n) is 3.11. The van der Waals surface area contributed by atoms with Gasteiger partial charge in [0.25, 0.3) is 0 Å². The number of hydrogen-bond donors (Lipinski definition) is 2. The zero-order valence-corrected chi connectivity index (χ0v) is 8.12. The van der Waals surface area contributed by atoms with Crippen molar-refractivity contribution in [3.05, 3.63) is 17.5 Å². The summed E-state index contributed by atoms with van der Waals surface area (Å²) in [5.41, 5.74) is 0.854. The zero-order valence-electron chi connectivity index (χ0n) is 8.12. The third kappa shape index (κ3) is 4.04. The van der Waals surface area contributed by atoms with E-state index in [0.29, 0.717) is 19.5 Å². The van der Waals surface area contributed by atoms with E-state index in [0.717, 1.165) is 11.5 Å². The summed E-state index contributed by atoms with van der Waals surface area (Å²) in [5.74, 6) is 0.0140. The molecule has 0 amide bonds. The van der Waals surface area contributed by atoms with Gasteiger partial charge in [-0.15, -0.1) is 0 Å². The molecule has 5 nitrogen and oxygen atoms in total. The summed E-state index contributed by atoms with van der Waals surface area (Å²) in [4.78, 5) is 10.2. The van der Waals surface area contributed by atoms with E-state index in [2.05, 4.69) is 10.5 Å². The fourth-order valence-corrected chi connectivity index (χ4v) is 1.08. The molecule has 0 bridgehead atoms. The van der Waals surface area contributed by atoms with Crippen LogP contribution in [0.25, 0.3) is 0 Å². The van der Waals surface area contributed by atoms with Crippen LogP contribution in [-0.4, -0.2) is 22.8 Å². The zero-order chi connectivity index (χ0) is 10.4. The summed E-state index contributed by atoms with van der Waals surface area (Å²) in [6.45, 7) is 3.13. The lowest BCUT2D eigenvalue weighted by molar-refractivity contribution is -0.137. The first-order chi connectivity index (χ1) is 6.68. The van der Waals surface area contributed by atoms with Crippen molar-refractivity contribution >= 4 is 5.97 Å². The van der Waals surface area contributed by atoms with E-state index >= 15 is 0 Å². The van der Waals surface area contributed by atoms with Gasteiger partial charge in [-0.1, -0.05) is 5.16 Å². The lowest BCUT2D eigenvalue weighted by Gasteiger charge is -1.99. The number of carboxylic acids is 1. The molecule has 1 rings (SSSR count). The second-order valence-corrected chi connectivity index (χ2v) is 3.11. The first-order valence-corrected chi connectivity index (χ1v) is 4.53. The van der Waals surface area contributed by atoms with Gasteiger partial charge in [0, 0.05) is 12.5 Å². The van der Waals surface area contributed by atoms with Crippen LogP contribution in [0.3, 0.4) is 0 Å². The largest absolute Gasteiger partial charge is 0.481 e. The second kappa shape index (κ2) is 5.39. The summed E-state index contributed by atoms with van der Waals surface area (Å²) >= 11 is 0. The van der Waals surface area contributed by atoms with Crippen LogP contribution in [0.5, 0.6) is 0 Å². The molecule has 2 N–H and O–H groups in total. The maximum atomic E-state index is 10.2. The van der Waals surface area contributed by atoms with Gasteiger partial charge in [0.2, 0.25) is 0 Å². The Bertz CT molecular complexity index is 296. The van der Waals surface area contributed by atoms with Gasteiger partial charge in [-0.05, 0) is 19.9 Å². The highest BCUT2D eigenvalue weighted by Crippen LogP contribution is 2.00. The molecule has 78 valence electrons. The molecule has 0 aliphatic heterocycles. The third-order valence-electron chi connectivity index (χ3n) is 1.72. The SMILES string of the molecule is Cc1cc(CNCCCC(=O)O)on1. The Kier molecular flexibility index (Phi) is 4.12. The maximum absolute atomic E-state index is 10.2. The van der Waals surface area contributed by atoms with Crippen LogP contribution in [0.4, 0.5) is 0 Å². The molecule has 0 aliphatic carbocycles. The molecule has 0 aromatic carbocycles. The first-order valence-electron chi connectivity index (χ1n) is 4.53. The number of nitrogens with one attached hydrogen (secondary N) is 1. The number of aliphatic carboxylic acids is 1. The molecule has 14 heavy (non-hydrogen) atoms. The number of carboxylic acid groups (broad SMARTS) is 1. The van der Waals surface area contributed by atoms with Crippen molar-refractivity contribution in [2.75, 3.05) is 6.54 Å². The molecule has 0 unspecified atom stereocenters. The summed E-state index contributed by atoms with van der Waals surface area (Å²) in [7, 11) is 0. The predicted molar refractivity (Wildman–Crippen MR) is 49.8 cm³/mol. The highest BCUT2D eigenvalue weighted by molar-refractivity contribution is 5.66. The molecule has 1 aromatic rings.